The molecule has 0 bridgehead atoms. The third-order valence-corrected chi connectivity index (χ3v) is 2.21. The number of rotatable bonds is 3. The molecule has 0 N–H and O–H groups in total. The molecular formula is C10H11ClO. The molecule has 0 aliphatic heterocycles. The first kappa shape index (κ1) is 7.93. The standard InChI is InChI=1S/C10H11ClO/c11-7-8-1-3-9(4-2-8)12-10-5-6-10/h1-4,10H,5-7H2. The van der Waals surface area contributed by atoms with Gasteiger partial charge in [-0.2, -0.15) is 0 Å². The predicted molar refractivity (Wildman–Crippen MR) is 49.6 cm³/mol. The lowest BCUT2D eigenvalue weighted by Crippen LogP contribution is -1.95. The minimum atomic E-state index is 0.479. The van der Waals surface area contributed by atoms with Crippen LogP contribution in [0.2, 0.25) is 0 Å². The van der Waals surface area contributed by atoms with Gasteiger partial charge < -0.3 is 4.74 Å². The lowest BCUT2D eigenvalue weighted by Gasteiger charge is -2.03. The van der Waals surface area contributed by atoms with Crippen LogP contribution in [0.3, 0.4) is 0 Å². The van der Waals surface area contributed by atoms with Crippen LogP contribution in [-0.2, 0) is 5.88 Å². The van der Waals surface area contributed by atoms with E-state index in [1.807, 2.05) is 24.3 Å². The van der Waals surface area contributed by atoms with E-state index in [1.165, 1.54) is 12.8 Å². The van der Waals surface area contributed by atoms with E-state index in [1.54, 1.807) is 0 Å². The quantitative estimate of drug-likeness (QED) is 0.654. The van der Waals surface area contributed by atoms with Gasteiger partial charge in [0.1, 0.15) is 5.75 Å². The second kappa shape index (κ2) is 3.36. The fourth-order valence-corrected chi connectivity index (χ4v) is 1.21. The molecule has 1 aliphatic rings. The summed E-state index contributed by atoms with van der Waals surface area (Å²) in [6.07, 6.45) is 2.89. The van der Waals surface area contributed by atoms with Crippen molar-refractivity contribution in [1.82, 2.24) is 0 Å². The molecular weight excluding hydrogens is 172 g/mol. The van der Waals surface area contributed by atoms with E-state index in [-0.39, 0.29) is 0 Å². The average Bonchev–Trinajstić information content (AvgIpc) is 2.90. The van der Waals surface area contributed by atoms with Crippen molar-refractivity contribution in [3.63, 3.8) is 0 Å². The van der Waals surface area contributed by atoms with Crippen LogP contribution in [0.1, 0.15) is 18.4 Å². The fourth-order valence-electron chi connectivity index (χ4n) is 1.04. The van der Waals surface area contributed by atoms with Crippen LogP contribution in [-0.4, -0.2) is 6.10 Å². The van der Waals surface area contributed by atoms with Gasteiger partial charge in [0.05, 0.1) is 6.10 Å². The molecule has 1 aromatic carbocycles. The summed E-state index contributed by atoms with van der Waals surface area (Å²) >= 11 is 5.66. The smallest absolute Gasteiger partial charge is 0.119 e. The maximum absolute atomic E-state index is 5.66. The first-order chi connectivity index (χ1) is 5.88. The van der Waals surface area contributed by atoms with Gasteiger partial charge in [0.25, 0.3) is 0 Å². The second-order valence-corrected chi connectivity index (χ2v) is 3.36. The molecule has 1 aliphatic carbocycles. The molecule has 64 valence electrons. The van der Waals surface area contributed by atoms with E-state index in [9.17, 15) is 0 Å². The van der Waals surface area contributed by atoms with E-state index in [0.717, 1.165) is 11.3 Å². The Balaban J connectivity index is 2.02. The Morgan fingerprint density at radius 1 is 1.25 bits per heavy atom. The maximum Gasteiger partial charge on any atom is 0.119 e. The van der Waals surface area contributed by atoms with E-state index in [0.29, 0.717) is 12.0 Å². The summed E-state index contributed by atoms with van der Waals surface area (Å²) in [5.41, 5.74) is 1.14. The van der Waals surface area contributed by atoms with Crippen molar-refractivity contribution in [2.45, 2.75) is 24.8 Å². The van der Waals surface area contributed by atoms with Gasteiger partial charge in [-0.3, -0.25) is 0 Å². The third kappa shape index (κ3) is 1.92. The lowest BCUT2D eigenvalue weighted by molar-refractivity contribution is 0.303. The Bertz CT molecular complexity index is 251. The van der Waals surface area contributed by atoms with Crippen LogP contribution in [0.25, 0.3) is 0 Å². The monoisotopic (exact) mass is 182 g/mol. The Morgan fingerprint density at radius 2 is 1.92 bits per heavy atom. The number of benzene rings is 1. The second-order valence-electron chi connectivity index (χ2n) is 3.09. The van der Waals surface area contributed by atoms with Crippen LogP contribution in [0.15, 0.2) is 24.3 Å². The molecule has 0 aromatic heterocycles. The molecule has 2 rings (SSSR count). The van der Waals surface area contributed by atoms with E-state index in [4.69, 9.17) is 16.3 Å². The molecule has 0 saturated heterocycles. The van der Waals surface area contributed by atoms with Crippen molar-refractivity contribution >= 4 is 11.6 Å². The summed E-state index contributed by atoms with van der Waals surface area (Å²) in [7, 11) is 0. The third-order valence-electron chi connectivity index (χ3n) is 1.90. The van der Waals surface area contributed by atoms with Crippen molar-refractivity contribution in [3.8, 4) is 5.75 Å². The highest BCUT2D eigenvalue weighted by atomic mass is 35.5. The highest BCUT2D eigenvalue weighted by Gasteiger charge is 2.23. The van der Waals surface area contributed by atoms with Gasteiger partial charge in [0.2, 0.25) is 0 Å². The summed E-state index contributed by atoms with van der Waals surface area (Å²) in [5.74, 6) is 1.54. The zero-order valence-electron chi connectivity index (χ0n) is 6.79. The Kier molecular flexibility index (Phi) is 2.22. The van der Waals surface area contributed by atoms with Gasteiger partial charge in [-0.1, -0.05) is 12.1 Å². The van der Waals surface area contributed by atoms with Crippen LogP contribution < -0.4 is 4.74 Å². The number of alkyl halides is 1. The van der Waals surface area contributed by atoms with Crippen molar-refractivity contribution in [2.24, 2.45) is 0 Å². The number of ether oxygens (including phenoxy) is 1. The average molecular weight is 183 g/mol. The van der Waals surface area contributed by atoms with Crippen molar-refractivity contribution in [2.75, 3.05) is 0 Å². The van der Waals surface area contributed by atoms with Gasteiger partial charge in [-0.05, 0) is 30.5 Å². The molecule has 0 heterocycles. The molecule has 1 nitrogen and oxygen atoms in total. The molecule has 2 heteroatoms. The molecule has 1 fully saturated rings. The highest BCUT2D eigenvalue weighted by Crippen LogP contribution is 2.26. The minimum Gasteiger partial charge on any atom is -0.490 e. The van der Waals surface area contributed by atoms with E-state index >= 15 is 0 Å². The first-order valence-electron chi connectivity index (χ1n) is 4.20. The molecule has 0 amide bonds. The van der Waals surface area contributed by atoms with Crippen LogP contribution in [0.5, 0.6) is 5.75 Å². The van der Waals surface area contributed by atoms with E-state index in [2.05, 4.69) is 0 Å². The predicted octanol–water partition coefficient (Wildman–Crippen LogP) is 2.97. The maximum atomic E-state index is 5.66. The summed E-state index contributed by atoms with van der Waals surface area (Å²) in [5, 5.41) is 0. The zero-order valence-corrected chi connectivity index (χ0v) is 7.55. The molecule has 0 radical (unpaired) electrons. The van der Waals surface area contributed by atoms with Crippen LogP contribution in [0.4, 0.5) is 0 Å². The SMILES string of the molecule is ClCc1ccc(OC2CC2)cc1. The summed E-state index contributed by atoms with van der Waals surface area (Å²) in [4.78, 5) is 0. The van der Waals surface area contributed by atoms with Crippen LogP contribution >= 0.6 is 11.6 Å². The molecule has 0 unspecified atom stereocenters. The van der Waals surface area contributed by atoms with Gasteiger partial charge in [-0.25, -0.2) is 0 Å². The summed E-state index contributed by atoms with van der Waals surface area (Å²) in [6, 6.07) is 7.97. The summed E-state index contributed by atoms with van der Waals surface area (Å²) < 4.78 is 5.58. The van der Waals surface area contributed by atoms with Gasteiger partial charge in [-0.15, -0.1) is 11.6 Å². The van der Waals surface area contributed by atoms with Gasteiger partial charge in [0.15, 0.2) is 0 Å². The Labute approximate surface area is 77.3 Å². The Hall–Kier alpha value is -0.690. The van der Waals surface area contributed by atoms with Crippen LogP contribution in [0, 0.1) is 0 Å². The lowest BCUT2D eigenvalue weighted by atomic mass is 10.2. The molecule has 0 spiro atoms. The highest BCUT2D eigenvalue weighted by molar-refractivity contribution is 6.17. The number of hydrogen-bond donors (Lipinski definition) is 0. The summed E-state index contributed by atoms with van der Waals surface area (Å²) in [6.45, 7) is 0. The van der Waals surface area contributed by atoms with Crippen molar-refractivity contribution in [3.05, 3.63) is 29.8 Å². The number of hydrogen-bond acceptors (Lipinski definition) is 1. The molecule has 1 aromatic rings. The van der Waals surface area contributed by atoms with E-state index < -0.39 is 0 Å². The number of halogens is 1. The Morgan fingerprint density at radius 3 is 2.42 bits per heavy atom. The molecule has 12 heavy (non-hydrogen) atoms. The van der Waals surface area contributed by atoms with Crippen molar-refractivity contribution < 1.29 is 4.74 Å². The van der Waals surface area contributed by atoms with Crippen molar-refractivity contribution in [1.29, 1.82) is 0 Å². The largest absolute Gasteiger partial charge is 0.490 e. The van der Waals surface area contributed by atoms with Gasteiger partial charge >= 0.3 is 0 Å². The molecule has 0 atom stereocenters. The topological polar surface area (TPSA) is 9.23 Å². The zero-order chi connectivity index (χ0) is 8.39. The fraction of sp³-hybridized carbons (Fsp3) is 0.400. The molecule has 1 saturated carbocycles. The van der Waals surface area contributed by atoms with Gasteiger partial charge in [0, 0.05) is 5.88 Å². The normalized spacial score (nSPS) is 16.1. The first-order valence-corrected chi connectivity index (χ1v) is 4.73. The minimum absolute atomic E-state index is 0.479.